The summed E-state index contributed by atoms with van der Waals surface area (Å²) in [5.41, 5.74) is 1.01. The van der Waals surface area contributed by atoms with Crippen LogP contribution in [0.1, 0.15) is 18.9 Å². The van der Waals surface area contributed by atoms with E-state index >= 15 is 0 Å². The number of hydrogen-bond acceptors (Lipinski definition) is 1. The van der Waals surface area contributed by atoms with Gasteiger partial charge >= 0.3 is 0 Å². The van der Waals surface area contributed by atoms with E-state index in [9.17, 15) is 0 Å². The van der Waals surface area contributed by atoms with Gasteiger partial charge in [-0.2, -0.15) is 0 Å². The van der Waals surface area contributed by atoms with E-state index in [-0.39, 0.29) is 0 Å². The van der Waals surface area contributed by atoms with Gasteiger partial charge in [-0.1, -0.05) is 42.3 Å². The Hall–Kier alpha value is 0.0500. The third-order valence-corrected chi connectivity index (χ3v) is 3.52. The van der Waals surface area contributed by atoms with Crippen LogP contribution in [0.3, 0.4) is 0 Å². The van der Waals surface area contributed by atoms with E-state index in [4.69, 9.17) is 34.8 Å². The quantitative estimate of drug-likeness (QED) is 0.791. The van der Waals surface area contributed by atoms with Gasteiger partial charge in [0.2, 0.25) is 0 Å². The third kappa shape index (κ3) is 3.84. The molecule has 0 aliphatic heterocycles. The normalized spacial score (nSPS) is 12.8. The molecule has 1 aromatic carbocycles. The van der Waals surface area contributed by atoms with E-state index in [1.165, 1.54) is 0 Å². The minimum Gasteiger partial charge on any atom is -0.309 e. The fourth-order valence-electron chi connectivity index (χ4n) is 1.25. The van der Waals surface area contributed by atoms with Crippen LogP contribution < -0.4 is 5.32 Å². The number of nitrogens with one attached hydrogen (secondary N) is 1. The highest BCUT2D eigenvalue weighted by atomic mass is 35.5. The van der Waals surface area contributed by atoms with Gasteiger partial charge < -0.3 is 5.32 Å². The molecule has 0 fully saturated rings. The van der Waals surface area contributed by atoms with Crippen LogP contribution in [0, 0.1) is 0 Å². The highest BCUT2D eigenvalue weighted by Gasteiger charge is 2.07. The molecular formula is C11H14Cl3N. The molecule has 0 radical (unpaired) electrons. The average Bonchev–Trinajstić information content (AvgIpc) is 2.25. The fraction of sp³-hybridized carbons (Fsp3) is 0.455. The monoisotopic (exact) mass is 265 g/mol. The Balaban J connectivity index is 2.61. The Bertz CT molecular complexity index is 311. The Morgan fingerprint density at radius 1 is 1.33 bits per heavy atom. The molecular weight excluding hydrogens is 252 g/mol. The van der Waals surface area contributed by atoms with Crippen LogP contribution in [0.5, 0.6) is 0 Å². The minimum atomic E-state index is 0.321. The standard InChI is InChI=1S/C11H14Cl3N/c1-2-9(6-12)15-7-8-4-3-5-10(13)11(8)14/h3-5,9,15H,2,6-7H2,1H3. The van der Waals surface area contributed by atoms with Gasteiger partial charge in [-0.05, 0) is 18.1 Å². The van der Waals surface area contributed by atoms with E-state index in [0.29, 0.717) is 28.5 Å². The molecule has 0 aliphatic rings. The maximum Gasteiger partial charge on any atom is 0.0637 e. The lowest BCUT2D eigenvalue weighted by Gasteiger charge is -2.14. The molecule has 0 saturated heterocycles. The lowest BCUT2D eigenvalue weighted by atomic mass is 10.2. The molecule has 0 aromatic heterocycles. The first-order chi connectivity index (χ1) is 7.19. The molecule has 1 unspecified atom stereocenters. The second kappa shape index (κ2) is 6.59. The van der Waals surface area contributed by atoms with Crippen LogP contribution in [0.15, 0.2) is 18.2 Å². The zero-order valence-electron chi connectivity index (χ0n) is 8.56. The number of rotatable bonds is 5. The maximum absolute atomic E-state index is 6.06. The lowest BCUT2D eigenvalue weighted by Crippen LogP contribution is -2.29. The van der Waals surface area contributed by atoms with Crippen LogP contribution in [0.25, 0.3) is 0 Å². The van der Waals surface area contributed by atoms with E-state index in [0.717, 1.165) is 12.0 Å². The van der Waals surface area contributed by atoms with Crippen LogP contribution in [0.2, 0.25) is 10.0 Å². The molecule has 0 spiro atoms. The van der Waals surface area contributed by atoms with Crippen molar-refractivity contribution in [1.82, 2.24) is 5.32 Å². The molecule has 0 bridgehead atoms. The van der Waals surface area contributed by atoms with Crippen molar-refractivity contribution in [2.75, 3.05) is 5.88 Å². The fourth-order valence-corrected chi connectivity index (χ4v) is 1.96. The van der Waals surface area contributed by atoms with Crippen molar-refractivity contribution in [2.45, 2.75) is 25.9 Å². The van der Waals surface area contributed by atoms with Crippen molar-refractivity contribution in [2.24, 2.45) is 0 Å². The van der Waals surface area contributed by atoms with Crippen LogP contribution >= 0.6 is 34.8 Å². The highest BCUT2D eigenvalue weighted by Crippen LogP contribution is 2.25. The summed E-state index contributed by atoms with van der Waals surface area (Å²) >= 11 is 17.8. The van der Waals surface area contributed by atoms with Crippen LogP contribution in [-0.2, 0) is 6.54 Å². The number of benzene rings is 1. The first-order valence-electron chi connectivity index (χ1n) is 4.91. The molecule has 0 heterocycles. The summed E-state index contributed by atoms with van der Waals surface area (Å²) in [7, 11) is 0. The van der Waals surface area contributed by atoms with E-state index in [2.05, 4.69) is 12.2 Å². The van der Waals surface area contributed by atoms with Gasteiger partial charge in [-0.15, -0.1) is 11.6 Å². The maximum atomic E-state index is 6.06. The molecule has 4 heteroatoms. The first-order valence-corrected chi connectivity index (χ1v) is 6.20. The second-order valence-electron chi connectivity index (χ2n) is 3.35. The number of hydrogen-bond donors (Lipinski definition) is 1. The van der Waals surface area contributed by atoms with Crippen molar-refractivity contribution in [3.05, 3.63) is 33.8 Å². The predicted molar refractivity (Wildman–Crippen MR) is 68.1 cm³/mol. The van der Waals surface area contributed by atoms with Gasteiger partial charge in [0.05, 0.1) is 10.0 Å². The molecule has 1 nitrogen and oxygen atoms in total. The summed E-state index contributed by atoms with van der Waals surface area (Å²) in [4.78, 5) is 0. The van der Waals surface area contributed by atoms with E-state index in [1.54, 1.807) is 6.07 Å². The van der Waals surface area contributed by atoms with Crippen molar-refractivity contribution in [3.8, 4) is 0 Å². The summed E-state index contributed by atoms with van der Waals surface area (Å²) in [5.74, 6) is 0.606. The van der Waals surface area contributed by atoms with Crippen molar-refractivity contribution >= 4 is 34.8 Å². The van der Waals surface area contributed by atoms with Gasteiger partial charge in [-0.25, -0.2) is 0 Å². The Morgan fingerprint density at radius 3 is 2.67 bits per heavy atom. The molecule has 1 aromatic rings. The topological polar surface area (TPSA) is 12.0 Å². The van der Waals surface area contributed by atoms with Gasteiger partial charge in [0, 0.05) is 18.5 Å². The molecule has 0 aliphatic carbocycles. The minimum absolute atomic E-state index is 0.321. The van der Waals surface area contributed by atoms with Gasteiger partial charge in [-0.3, -0.25) is 0 Å². The van der Waals surface area contributed by atoms with E-state index in [1.807, 2.05) is 12.1 Å². The smallest absolute Gasteiger partial charge is 0.0637 e. The molecule has 15 heavy (non-hydrogen) atoms. The number of halogens is 3. The molecule has 1 atom stereocenters. The second-order valence-corrected chi connectivity index (χ2v) is 4.45. The van der Waals surface area contributed by atoms with Gasteiger partial charge in [0.15, 0.2) is 0 Å². The van der Waals surface area contributed by atoms with Crippen molar-refractivity contribution in [3.63, 3.8) is 0 Å². The van der Waals surface area contributed by atoms with E-state index < -0.39 is 0 Å². The van der Waals surface area contributed by atoms with Crippen LogP contribution in [-0.4, -0.2) is 11.9 Å². The van der Waals surface area contributed by atoms with Crippen molar-refractivity contribution < 1.29 is 0 Å². The van der Waals surface area contributed by atoms with Gasteiger partial charge in [0.25, 0.3) is 0 Å². The molecule has 1 rings (SSSR count). The average molecular weight is 267 g/mol. The van der Waals surface area contributed by atoms with Crippen molar-refractivity contribution in [1.29, 1.82) is 0 Å². The largest absolute Gasteiger partial charge is 0.309 e. The Morgan fingerprint density at radius 2 is 2.07 bits per heavy atom. The molecule has 0 amide bonds. The van der Waals surface area contributed by atoms with Crippen LogP contribution in [0.4, 0.5) is 0 Å². The third-order valence-electron chi connectivity index (χ3n) is 2.29. The zero-order chi connectivity index (χ0) is 11.3. The molecule has 0 saturated carbocycles. The summed E-state index contributed by atoms with van der Waals surface area (Å²) in [6.45, 7) is 2.80. The highest BCUT2D eigenvalue weighted by molar-refractivity contribution is 6.42. The summed E-state index contributed by atoms with van der Waals surface area (Å²) in [5, 5.41) is 4.54. The zero-order valence-corrected chi connectivity index (χ0v) is 10.8. The summed E-state index contributed by atoms with van der Waals surface area (Å²) < 4.78 is 0. The first kappa shape index (κ1) is 13.1. The SMILES string of the molecule is CCC(CCl)NCc1cccc(Cl)c1Cl. The Labute approximate surface area is 106 Å². The summed E-state index contributed by atoms with van der Waals surface area (Å²) in [6, 6.07) is 5.96. The molecule has 84 valence electrons. The predicted octanol–water partition coefficient (Wildman–Crippen LogP) is 4.10. The Kier molecular flexibility index (Phi) is 5.77. The number of alkyl halides is 1. The summed E-state index contributed by atoms with van der Waals surface area (Å²) in [6.07, 6.45) is 1.00. The molecule has 1 N–H and O–H groups in total. The lowest BCUT2D eigenvalue weighted by molar-refractivity contribution is 0.539. The van der Waals surface area contributed by atoms with Gasteiger partial charge in [0.1, 0.15) is 0 Å².